The largest absolute Gasteiger partial charge is 1.00 e. The molecule has 0 fully saturated rings. The van der Waals surface area contributed by atoms with Crippen LogP contribution in [-0.4, -0.2) is 28.8 Å². The number of aliphatic hydroxyl groups is 1. The van der Waals surface area contributed by atoms with Gasteiger partial charge in [-0.15, -0.1) is 0 Å². The van der Waals surface area contributed by atoms with Crippen molar-refractivity contribution in [3.05, 3.63) is 0 Å². The molecule has 7 heteroatoms. The van der Waals surface area contributed by atoms with E-state index in [0.29, 0.717) is 6.42 Å². The molecule has 1 atom stereocenters. The van der Waals surface area contributed by atoms with E-state index in [2.05, 4.69) is 6.92 Å². The zero-order valence-corrected chi connectivity index (χ0v) is 17.1. The zero-order chi connectivity index (χ0) is 16.4. The number of hydrogen-bond acceptors (Lipinski definition) is 5. The molecule has 0 aromatic heterocycles. The van der Waals surface area contributed by atoms with Crippen LogP contribution in [0.2, 0.25) is 0 Å². The molecule has 0 aliphatic heterocycles. The smallest absolute Gasteiger partial charge is 0.746 e. The zero-order valence-electron chi connectivity index (χ0n) is 14.3. The molecule has 0 bridgehead atoms. The van der Waals surface area contributed by atoms with Gasteiger partial charge in [-0.05, 0) is 13.3 Å². The molecule has 5 nitrogen and oxygen atoms in total. The molecule has 0 amide bonds. The van der Waals surface area contributed by atoms with Crippen LogP contribution < -0.4 is 29.6 Å². The fourth-order valence-corrected chi connectivity index (χ4v) is 2.51. The fourth-order valence-electron chi connectivity index (χ4n) is 2.18. The monoisotopic (exact) mass is 344 g/mol. The van der Waals surface area contributed by atoms with Gasteiger partial charge in [-0.3, -0.25) is 4.79 Å². The van der Waals surface area contributed by atoms with E-state index in [9.17, 15) is 22.9 Å². The summed E-state index contributed by atoms with van der Waals surface area (Å²) in [6.07, 6.45) is 9.73. The Labute approximate surface area is 157 Å². The number of unbranched alkanes of at least 4 members (excludes halogenated alkanes) is 8. The third kappa shape index (κ3) is 12.0. The predicted octanol–water partition coefficient (Wildman–Crippen LogP) is 0.124. The average Bonchev–Trinajstić information content (AvgIpc) is 2.35. The quantitative estimate of drug-likeness (QED) is 0.291. The van der Waals surface area contributed by atoms with Crippen molar-refractivity contribution in [1.29, 1.82) is 0 Å². The first-order chi connectivity index (χ1) is 9.70. The van der Waals surface area contributed by atoms with Gasteiger partial charge in [0.05, 0.1) is 0 Å². The molecule has 0 aromatic rings. The molecule has 0 heterocycles. The van der Waals surface area contributed by atoms with Crippen molar-refractivity contribution in [2.24, 2.45) is 0 Å². The summed E-state index contributed by atoms with van der Waals surface area (Å²) in [5, 5.41) is 9.44. The summed E-state index contributed by atoms with van der Waals surface area (Å²) >= 11 is 0. The summed E-state index contributed by atoms with van der Waals surface area (Å²) in [5.74, 6) is -0.373. The van der Waals surface area contributed by atoms with Crippen LogP contribution in [0.1, 0.15) is 84.5 Å². The second kappa shape index (κ2) is 12.9. The summed E-state index contributed by atoms with van der Waals surface area (Å²) in [6, 6.07) is 0. The molecule has 0 rings (SSSR count). The number of Topliss-reactive ketones (excluding diaryl/α,β-unsaturated/α-hetero) is 1. The summed E-state index contributed by atoms with van der Waals surface area (Å²) in [7, 11) is -4.86. The standard InChI is InChI=1S/C15H30O5S.Na/c1-3-4-5-6-7-8-9-10-11-12-14(16)13-15(2,17)21(18,19)20;/h17H,3-13H2,1-2H3,(H,18,19,20);/q;+1/p-1. The minimum atomic E-state index is -4.86. The van der Waals surface area contributed by atoms with E-state index in [-0.39, 0.29) is 41.8 Å². The number of carbonyl (C=O) groups is 1. The number of rotatable bonds is 13. The van der Waals surface area contributed by atoms with Crippen molar-refractivity contribution in [3.63, 3.8) is 0 Å². The Morgan fingerprint density at radius 1 is 1.00 bits per heavy atom. The third-order valence-corrected chi connectivity index (χ3v) is 4.84. The molecule has 0 spiro atoms. The van der Waals surface area contributed by atoms with Crippen LogP contribution in [0.4, 0.5) is 0 Å². The first-order valence-corrected chi connectivity index (χ1v) is 9.31. The third-order valence-electron chi connectivity index (χ3n) is 3.62. The van der Waals surface area contributed by atoms with E-state index in [1.54, 1.807) is 0 Å². The van der Waals surface area contributed by atoms with Gasteiger partial charge in [-0.25, -0.2) is 8.42 Å². The normalized spacial score (nSPS) is 14.2. The predicted molar refractivity (Wildman–Crippen MR) is 81.8 cm³/mol. The minimum Gasteiger partial charge on any atom is -0.746 e. The molecule has 0 aliphatic carbocycles. The van der Waals surface area contributed by atoms with E-state index in [1.807, 2.05) is 0 Å². The maximum Gasteiger partial charge on any atom is 1.00 e. The molecule has 0 saturated heterocycles. The molecule has 22 heavy (non-hydrogen) atoms. The molecule has 0 aromatic carbocycles. The van der Waals surface area contributed by atoms with Crippen LogP contribution >= 0.6 is 0 Å². The summed E-state index contributed by atoms with van der Waals surface area (Å²) in [6.45, 7) is 3.07. The van der Waals surface area contributed by atoms with E-state index in [0.717, 1.165) is 26.2 Å². The van der Waals surface area contributed by atoms with Gasteiger partial charge in [0.1, 0.15) is 15.9 Å². The second-order valence-corrected chi connectivity index (χ2v) is 7.71. The molecule has 1 N–H and O–H groups in total. The van der Waals surface area contributed by atoms with Gasteiger partial charge in [0.25, 0.3) is 0 Å². The maximum absolute atomic E-state index is 11.5. The van der Waals surface area contributed by atoms with Crippen LogP contribution in [0.15, 0.2) is 0 Å². The van der Waals surface area contributed by atoms with Gasteiger partial charge >= 0.3 is 29.6 Å². The van der Waals surface area contributed by atoms with Gasteiger partial charge in [-0.1, -0.05) is 58.3 Å². The number of carbonyl (C=O) groups excluding carboxylic acids is 1. The van der Waals surface area contributed by atoms with Crippen LogP contribution in [0.25, 0.3) is 0 Å². The maximum atomic E-state index is 11.5. The van der Waals surface area contributed by atoms with E-state index in [4.69, 9.17) is 0 Å². The minimum absolute atomic E-state index is 0. The Morgan fingerprint density at radius 2 is 1.41 bits per heavy atom. The van der Waals surface area contributed by atoms with Gasteiger partial charge in [0.2, 0.25) is 0 Å². The van der Waals surface area contributed by atoms with Crippen molar-refractivity contribution in [3.8, 4) is 0 Å². The van der Waals surface area contributed by atoms with Crippen molar-refractivity contribution in [2.75, 3.05) is 0 Å². The topological polar surface area (TPSA) is 94.5 Å². The summed E-state index contributed by atoms with van der Waals surface area (Å²) in [4.78, 5) is 9.07. The molecular weight excluding hydrogens is 315 g/mol. The van der Waals surface area contributed by atoms with Crippen molar-refractivity contribution in [2.45, 2.75) is 89.4 Å². The van der Waals surface area contributed by atoms with E-state index < -0.39 is 21.5 Å². The first kappa shape index (κ1) is 24.8. The summed E-state index contributed by atoms with van der Waals surface area (Å²) in [5.41, 5.74) is 0. The second-order valence-electron chi connectivity index (χ2n) is 5.92. The van der Waals surface area contributed by atoms with Crippen molar-refractivity contribution < 1.29 is 52.4 Å². The van der Waals surface area contributed by atoms with Crippen LogP contribution in [0.5, 0.6) is 0 Å². The molecule has 1 unspecified atom stereocenters. The molecule has 0 saturated carbocycles. The van der Waals surface area contributed by atoms with Gasteiger partial charge < -0.3 is 9.66 Å². The number of hydrogen-bond donors (Lipinski definition) is 1. The fraction of sp³-hybridized carbons (Fsp3) is 0.933. The van der Waals surface area contributed by atoms with Gasteiger partial charge in [-0.2, -0.15) is 0 Å². The Bertz CT molecular complexity index is 393. The van der Waals surface area contributed by atoms with E-state index >= 15 is 0 Å². The van der Waals surface area contributed by atoms with Gasteiger partial charge in [0, 0.05) is 12.8 Å². The van der Waals surface area contributed by atoms with Crippen LogP contribution in [0.3, 0.4) is 0 Å². The molecule has 0 aliphatic rings. The first-order valence-electron chi connectivity index (χ1n) is 7.90. The van der Waals surface area contributed by atoms with Crippen LogP contribution in [0, 0.1) is 0 Å². The molecular formula is C15H29NaO5S. The van der Waals surface area contributed by atoms with E-state index in [1.165, 1.54) is 32.1 Å². The Balaban J connectivity index is 0. The number of ketones is 1. The van der Waals surface area contributed by atoms with Crippen molar-refractivity contribution in [1.82, 2.24) is 0 Å². The van der Waals surface area contributed by atoms with Crippen LogP contribution in [-0.2, 0) is 14.9 Å². The Hall–Kier alpha value is 0.540. The molecule has 0 radical (unpaired) electrons. The molecule has 126 valence electrons. The van der Waals surface area contributed by atoms with Crippen molar-refractivity contribution >= 4 is 15.9 Å². The van der Waals surface area contributed by atoms with Gasteiger partial charge in [0.15, 0.2) is 4.93 Å². The summed E-state index contributed by atoms with van der Waals surface area (Å²) < 4.78 is 32.3. The SMILES string of the molecule is CCCCCCCCCCCC(=O)CC(C)(O)S(=O)(=O)[O-].[Na+]. The Kier molecular flexibility index (Phi) is 14.5. The Morgan fingerprint density at radius 3 is 1.82 bits per heavy atom. The average molecular weight is 344 g/mol.